The quantitative estimate of drug-likeness (QED) is 0.654. The summed E-state index contributed by atoms with van der Waals surface area (Å²) < 4.78 is 5.81. The summed E-state index contributed by atoms with van der Waals surface area (Å²) in [5.74, 6) is 0.493. The number of carbonyl (C=O) groups is 1. The van der Waals surface area contributed by atoms with Crippen molar-refractivity contribution >= 4 is 12.0 Å². The molecule has 1 N–H and O–H groups in total. The average Bonchev–Trinajstić information content (AvgIpc) is 2.62. The van der Waals surface area contributed by atoms with Crippen molar-refractivity contribution in [1.29, 1.82) is 0 Å². The Hall–Kier alpha value is -3.33. The largest absolute Gasteiger partial charge is 0.478 e. The summed E-state index contributed by atoms with van der Waals surface area (Å²) in [7, 11) is 0. The van der Waals surface area contributed by atoms with E-state index >= 15 is 0 Å². The topological polar surface area (TPSA) is 46.5 Å². The van der Waals surface area contributed by atoms with Crippen LogP contribution < -0.4 is 4.74 Å². The molecule has 0 aliphatic carbocycles. The molecule has 0 amide bonds. The van der Waals surface area contributed by atoms with Crippen LogP contribution in [-0.2, 0) is 4.79 Å². The summed E-state index contributed by atoms with van der Waals surface area (Å²) in [6.07, 6.45) is 2.65. The zero-order chi connectivity index (χ0) is 16.8. The van der Waals surface area contributed by atoms with Crippen molar-refractivity contribution in [2.45, 2.75) is 0 Å². The number of aliphatic carboxylic acids is 1. The Bertz CT molecular complexity index is 833. The highest BCUT2D eigenvalue weighted by Crippen LogP contribution is 2.26. The molecule has 0 saturated heterocycles. The lowest BCUT2D eigenvalue weighted by Crippen LogP contribution is -1.86. The lowest BCUT2D eigenvalue weighted by Gasteiger charge is -2.07. The number of ether oxygens (including phenoxy) is 1. The molecule has 3 heteroatoms. The molecule has 24 heavy (non-hydrogen) atoms. The van der Waals surface area contributed by atoms with Crippen molar-refractivity contribution in [3.8, 4) is 22.6 Å². The smallest absolute Gasteiger partial charge is 0.328 e. The molecule has 0 unspecified atom stereocenters. The monoisotopic (exact) mass is 316 g/mol. The van der Waals surface area contributed by atoms with Gasteiger partial charge in [-0.1, -0.05) is 54.6 Å². The van der Waals surface area contributed by atoms with Gasteiger partial charge in [-0.3, -0.25) is 0 Å². The van der Waals surface area contributed by atoms with Crippen molar-refractivity contribution in [2.24, 2.45) is 0 Å². The van der Waals surface area contributed by atoms with Crippen LogP contribution in [0.15, 0.2) is 84.9 Å². The fraction of sp³-hybridized carbons (Fsp3) is 0. The molecule has 3 nitrogen and oxygen atoms in total. The van der Waals surface area contributed by atoms with Crippen molar-refractivity contribution in [3.63, 3.8) is 0 Å². The second kappa shape index (κ2) is 7.29. The number of hydrogen-bond acceptors (Lipinski definition) is 2. The molecule has 118 valence electrons. The Labute approximate surface area is 140 Å². The Balaban J connectivity index is 1.69. The number of benzene rings is 3. The van der Waals surface area contributed by atoms with Crippen LogP contribution in [0.4, 0.5) is 0 Å². The van der Waals surface area contributed by atoms with Gasteiger partial charge in [0.15, 0.2) is 0 Å². The van der Waals surface area contributed by atoms with Crippen molar-refractivity contribution in [2.75, 3.05) is 0 Å². The van der Waals surface area contributed by atoms with E-state index in [2.05, 4.69) is 12.1 Å². The first-order valence-electron chi connectivity index (χ1n) is 7.55. The van der Waals surface area contributed by atoms with Crippen molar-refractivity contribution < 1.29 is 14.6 Å². The van der Waals surface area contributed by atoms with E-state index in [1.165, 1.54) is 5.56 Å². The molecule has 0 saturated carbocycles. The molecule has 0 aliphatic rings. The van der Waals surface area contributed by atoms with Crippen molar-refractivity contribution in [3.05, 3.63) is 90.5 Å². The van der Waals surface area contributed by atoms with E-state index in [0.717, 1.165) is 23.0 Å². The van der Waals surface area contributed by atoms with E-state index in [-0.39, 0.29) is 0 Å². The predicted octanol–water partition coefficient (Wildman–Crippen LogP) is 5.24. The fourth-order valence-electron chi connectivity index (χ4n) is 2.30. The lowest BCUT2D eigenvalue weighted by molar-refractivity contribution is -0.131. The van der Waals surface area contributed by atoms with Gasteiger partial charge in [0.25, 0.3) is 0 Å². The molecule has 0 bridgehead atoms. The number of carboxylic acid groups (broad SMARTS) is 1. The maximum absolute atomic E-state index is 10.5. The highest BCUT2D eigenvalue weighted by Gasteiger charge is 2.00. The zero-order valence-electron chi connectivity index (χ0n) is 12.9. The van der Waals surface area contributed by atoms with Gasteiger partial charge in [0, 0.05) is 6.08 Å². The number of carboxylic acids is 1. The molecule has 0 heterocycles. The van der Waals surface area contributed by atoms with E-state index < -0.39 is 5.97 Å². The SMILES string of the molecule is O=C(O)C=Cc1ccc(Oc2ccc(-c3ccccc3)cc2)cc1. The highest BCUT2D eigenvalue weighted by atomic mass is 16.5. The van der Waals surface area contributed by atoms with Gasteiger partial charge in [-0.15, -0.1) is 0 Å². The van der Waals surface area contributed by atoms with Crippen LogP contribution in [0.1, 0.15) is 5.56 Å². The predicted molar refractivity (Wildman–Crippen MR) is 95.1 cm³/mol. The molecule has 0 spiro atoms. The molecule has 3 aromatic carbocycles. The van der Waals surface area contributed by atoms with E-state index in [9.17, 15) is 4.79 Å². The fourth-order valence-corrected chi connectivity index (χ4v) is 2.30. The molecule has 0 aromatic heterocycles. The third-order valence-electron chi connectivity index (χ3n) is 3.50. The summed E-state index contributed by atoms with van der Waals surface area (Å²) in [6.45, 7) is 0. The zero-order valence-corrected chi connectivity index (χ0v) is 12.9. The second-order valence-corrected chi connectivity index (χ2v) is 5.23. The van der Waals surface area contributed by atoms with Crippen molar-refractivity contribution in [1.82, 2.24) is 0 Å². The molecular formula is C21H16O3. The van der Waals surface area contributed by atoms with Gasteiger partial charge in [0.05, 0.1) is 0 Å². The lowest BCUT2D eigenvalue weighted by atomic mass is 10.1. The summed E-state index contributed by atoms with van der Waals surface area (Å²) in [5.41, 5.74) is 3.11. The Kier molecular flexibility index (Phi) is 4.73. The van der Waals surface area contributed by atoms with Crippen LogP contribution in [-0.4, -0.2) is 11.1 Å². The van der Waals surface area contributed by atoms with E-state index in [4.69, 9.17) is 9.84 Å². The highest BCUT2D eigenvalue weighted by molar-refractivity contribution is 5.85. The minimum absolute atomic E-state index is 0.704. The van der Waals surface area contributed by atoms with Crippen LogP contribution in [0.5, 0.6) is 11.5 Å². The average molecular weight is 316 g/mol. The first kappa shape index (κ1) is 15.6. The minimum Gasteiger partial charge on any atom is -0.478 e. The molecule has 0 atom stereocenters. The number of rotatable bonds is 5. The summed E-state index contributed by atoms with van der Waals surface area (Å²) in [5, 5.41) is 8.62. The standard InChI is InChI=1S/C21H16O3/c22-21(23)15-8-16-6-11-19(12-7-16)24-20-13-9-18(10-14-20)17-4-2-1-3-5-17/h1-15H,(H,22,23). The van der Waals surface area contributed by atoms with Crippen LogP contribution in [0.25, 0.3) is 17.2 Å². The van der Waals surface area contributed by atoms with Crippen LogP contribution in [0, 0.1) is 0 Å². The van der Waals surface area contributed by atoms with Gasteiger partial charge in [-0.2, -0.15) is 0 Å². The van der Waals surface area contributed by atoms with E-state index in [1.807, 2.05) is 66.7 Å². The summed E-state index contributed by atoms with van der Waals surface area (Å²) >= 11 is 0. The Morgan fingerprint density at radius 3 is 1.88 bits per heavy atom. The molecule has 0 fully saturated rings. The number of hydrogen-bond donors (Lipinski definition) is 1. The van der Waals surface area contributed by atoms with E-state index in [1.54, 1.807) is 6.08 Å². The van der Waals surface area contributed by atoms with Gasteiger partial charge in [0.2, 0.25) is 0 Å². The molecular weight excluding hydrogens is 300 g/mol. The molecule has 0 aliphatic heterocycles. The van der Waals surface area contributed by atoms with Gasteiger partial charge < -0.3 is 9.84 Å². The first-order valence-corrected chi connectivity index (χ1v) is 7.55. The van der Waals surface area contributed by atoms with E-state index in [0.29, 0.717) is 5.75 Å². The van der Waals surface area contributed by atoms with Gasteiger partial charge in [0.1, 0.15) is 11.5 Å². The summed E-state index contributed by atoms with van der Waals surface area (Å²) in [4.78, 5) is 10.5. The maximum Gasteiger partial charge on any atom is 0.328 e. The van der Waals surface area contributed by atoms with Gasteiger partial charge >= 0.3 is 5.97 Å². The second-order valence-electron chi connectivity index (χ2n) is 5.23. The van der Waals surface area contributed by atoms with Crippen LogP contribution in [0.3, 0.4) is 0 Å². The molecule has 3 rings (SSSR count). The maximum atomic E-state index is 10.5. The molecule has 3 aromatic rings. The van der Waals surface area contributed by atoms with Crippen LogP contribution in [0.2, 0.25) is 0 Å². The van der Waals surface area contributed by atoms with Gasteiger partial charge in [-0.25, -0.2) is 4.79 Å². The third kappa shape index (κ3) is 4.11. The third-order valence-corrected chi connectivity index (χ3v) is 3.50. The van der Waals surface area contributed by atoms with Crippen LogP contribution >= 0.6 is 0 Å². The molecule has 0 radical (unpaired) electrons. The normalized spacial score (nSPS) is 10.7. The first-order chi connectivity index (χ1) is 11.7. The Morgan fingerprint density at radius 1 is 0.750 bits per heavy atom. The van der Waals surface area contributed by atoms with Gasteiger partial charge in [-0.05, 0) is 47.0 Å². The minimum atomic E-state index is -0.964. The summed E-state index contributed by atoms with van der Waals surface area (Å²) in [6, 6.07) is 25.3. The Morgan fingerprint density at radius 2 is 1.29 bits per heavy atom.